The minimum Gasteiger partial charge on any atom is -0.336 e. The number of carbonyl (C=O) groups excluding carboxylic acids is 1. The number of hydrogen-bond donors (Lipinski definition) is 0. The number of piperidine rings is 2. The normalized spacial score (nSPS) is 23.5. The molecule has 0 saturated carbocycles. The second kappa shape index (κ2) is 7.21. The summed E-state index contributed by atoms with van der Waals surface area (Å²) in [7, 11) is 2.00. The Labute approximate surface area is 152 Å². The summed E-state index contributed by atoms with van der Waals surface area (Å²) >= 11 is 0. The Morgan fingerprint density at radius 3 is 2.35 bits per heavy atom. The molecule has 2 aliphatic heterocycles. The van der Waals surface area contributed by atoms with Crippen molar-refractivity contribution in [3.63, 3.8) is 0 Å². The Kier molecular flexibility index (Phi) is 5.33. The third kappa shape index (κ3) is 3.61. The third-order valence-electron chi connectivity index (χ3n) is 5.73. The highest BCUT2D eigenvalue weighted by Crippen LogP contribution is 2.36. The van der Waals surface area contributed by atoms with Crippen molar-refractivity contribution in [3.05, 3.63) is 17.0 Å². The molecule has 0 aliphatic carbocycles. The number of amides is 1. The summed E-state index contributed by atoms with van der Waals surface area (Å²) in [5.74, 6) is -0.527. The summed E-state index contributed by atoms with van der Waals surface area (Å²) in [4.78, 5) is 16.8. The molecule has 2 aliphatic rings. The second-order valence-corrected chi connectivity index (χ2v) is 7.63. The molecule has 146 valence electrons. The Morgan fingerprint density at radius 1 is 1.12 bits per heavy atom. The van der Waals surface area contributed by atoms with Crippen molar-refractivity contribution in [2.45, 2.75) is 64.2 Å². The average molecular weight is 372 g/mol. The highest BCUT2D eigenvalue weighted by Gasteiger charge is 2.43. The van der Waals surface area contributed by atoms with Crippen molar-refractivity contribution >= 4 is 5.91 Å². The van der Waals surface area contributed by atoms with Crippen LogP contribution in [0.4, 0.5) is 13.2 Å². The highest BCUT2D eigenvalue weighted by atomic mass is 19.4. The van der Waals surface area contributed by atoms with E-state index >= 15 is 0 Å². The Morgan fingerprint density at radius 2 is 1.77 bits per heavy atom. The van der Waals surface area contributed by atoms with E-state index in [2.05, 4.69) is 10.00 Å². The van der Waals surface area contributed by atoms with Crippen LogP contribution in [0.3, 0.4) is 0 Å². The molecule has 1 unspecified atom stereocenters. The van der Waals surface area contributed by atoms with Crippen LogP contribution in [0.15, 0.2) is 0 Å². The van der Waals surface area contributed by atoms with Crippen LogP contribution in [-0.4, -0.2) is 58.2 Å². The lowest BCUT2D eigenvalue weighted by Gasteiger charge is -2.33. The average Bonchev–Trinajstić information content (AvgIpc) is 2.93. The van der Waals surface area contributed by atoms with Gasteiger partial charge in [-0.15, -0.1) is 0 Å². The van der Waals surface area contributed by atoms with Gasteiger partial charge in [0.2, 0.25) is 0 Å². The number of alkyl halides is 3. The van der Waals surface area contributed by atoms with Crippen LogP contribution in [0.1, 0.15) is 66.8 Å². The summed E-state index contributed by atoms with van der Waals surface area (Å²) in [5, 5.41) is 3.90. The van der Waals surface area contributed by atoms with Crippen molar-refractivity contribution in [2.24, 2.45) is 0 Å². The quantitative estimate of drug-likeness (QED) is 0.798. The lowest BCUT2D eigenvalue weighted by atomic mass is 10.0. The molecule has 2 fully saturated rings. The first-order valence-corrected chi connectivity index (χ1v) is 9.36. The summed E-state index contributed by atoms with van der Waals surface area (Å²) in [5.41, 5.74) is -0.948. The zero-order chi connectivity index (χ0) is 19.1. The number of rotatable bonds is 2. The minimum atomic E-state index is -4.63. The molecule has 1 aromatic heterocycles. The van der Waals surface area contributed by atoms with Crippen molar-refractivity contribution in [3.8, 4) is 0 Å². The fraction of sp³-hybridized carbons (Fsp3) is 0.778. The van der Waals surface area contributed by atoms with Gasteiger partial charge in [-0.25, -0.2) is 0 Å². The number of carbonyl (C=O) groups is 1. The Bertz CT molecular complexity index is 662. The van der Waals surface area contributed by atoms with Crippen LogP contribution in [0, 0.1) is 6.92 Å². The Balaban J connectivity index is 1.98. The standard InChI is InChI=1S/C18H27F3N4O/c1-12-6-4-5-9-24(12)17(26)15-13(2)25(22-16(15)18(19,20)21)14-7-10-23(3)11-8-14/h12,14H,4-11H2,1-3H3. The number of halogens is 3. The summed E-state index contributed by atoms with van der Waals surface area (Å²) < 4.78 is 42.4. The SMILES string of the molecule is Cc1c(C(=O)N2CCCCC2C)c(C(F)(F)F)nn1C1CCN(C)CC1. The number of hydrogen-bond acceptors (Lipinski definition) is 3. The van der Waals surface area contributed by atoms with E-state index in [1.807, 2.05) is 14.0 Å². The maximum atomic E-state index is 13.6. The van der Waals surface area contributed by atoms with Gasteiger partial charge >= 0.3 is 6.18 Å². The molecule has 0 spiro atoms. The smallest absolute Gasteiger partial charge is 0.336 e. The molecule has 8 heteroatoms. The van der Waals surface area contributed by atoms with Crippen LogP contribution < -0.4 is 0 Å². The zero-order valence-electron chi connectivity index (χ0n) is 15.6. The van der Waals surface area contributed by atoms with Crippen molar-refractivity contribution in [2.75, 3.05) is 26.7 Å². The van der Waals surface area contributed by atoms with E-state index in [4.69, 9.17) is 0 Å². The molecule has 1 amide bonds. The predicted octanol–water partition coefficient (Wildman–Crippen LogP) is 3.49. The maximum Gasteiger partial charge on any atom is 0.435 e. The van der Waals surface area contributed by atoms with Crippen LogP contribution in [0.2, 0.25) is 0 Å². The first kappa shape index (κ1) is 19.2. The van der Waals surface area contributed by atoms with Gasteiger partial charge in [0.1, 0.15) is 0 Å². The van der Waals surface area contributed by atoms with Gasteiger partial charge in [0, 0.05) is 18.3 Å². The first-order chi connectivity index (χ1) is 12.2. The minimum absolute atomic E-state index is 0.0385. The topological polar surface area (TPSA) is 41.4 Å². The lowest BCUT2D eigenvalue weighted by molar-refractivity contribution is -0.142. The monoisotopic (exact) mass is 372 g/mol. The van der Waals surface area contributed by atoms with E-state index in [1.165, 1.54) is 4.68 Å². The van der Waals surface area contributed by atoms with E-state index in [1.54, 1.807) is 11.8 Å². The van der Waals surface area contributed by atoms with Crippen LogP contribution in [0.5, 0.6) is 0 Å². The van der Waals surface area contributed by atoms with E-state index in [0.29, 0.717) is 12.2 Å². The van der Waals surface area contributed by atoms with E-state index < -0.39 is 17.8 Å². The molecule has 3 rings (SSSR count). The maximum absolute atomic E-state index is 13.6. The first-order valence-electron chi connectivity index (χ1n) is 9.36. The molecule has 5 nitrogen and oxygen atoms in total. The van der Waals surface area contributed by atoms with Gasteiger partial charge in [-0.1, -0.05) is 0 Å². The molecule has 2 saturated heterocycles. The summed E-state index contributed by atoms with van der Waals surface area (Å²) in [6.45, 7) is 5.65. The zero-order valence-corrected chi connectivity index (χ0v) is 15.6. The lowest BCUT2D eigenvalue weighted by Crippen LogP contribution is -2.42. The van der Waals surface area contributed by atoms with Gasteiger partial charge in [-0.2, -0.15) is 18.3 Å². The molecule has 26 heavy (non-hydrogen) atoms. The van der Waals surface area contributed by atoms with E-state index in [0.717, 1.165) is 45.2 Å². The Hall–Kier alpha value is -1.57. The number of nitrogens with zero attached hydrogens (tertiary/aromatic N) is 4. The molecule has 0 N–H and O–H groups in total. The van der Waals surface area contributed by atoms with E-state index in [-0.39, 0.29) is 17.6 Å². The molecule has 0 bridgehead atoms. The molecule has 3 heterocycles. The summed E-state index contributed by atoms with van der Waals surface area (Å²) in [6, 6.07) is -0.129. The number of likely N-dealkylation sites (tertiary alicyclic amines) is 2. The van der Waals surface area contributed by atoms with Crippen molar-refractivity contribution in [1.29, 1.82) is 0 Å². The summed E-state index contributed by atoms with van der Waals surface area (Å²) in [6.07, 6.45) is -0.487. The van der Waals surface area contributed by atoms with Crippen molar-refractivity contribution in [1.82, 2.24) is 19.6 Å². The number of aromatic nitrogens is 2. The van der Waals surface area contributed by atoms with Gasteiger partial charge in [0.25, 0.3) is 5.91 Å². The predicted molar refractivity (Wildman–Crippen MR) is 92.1 cm³/mol. The molecule has 1 aromatic rings. The van der Waals surface area contributed by atoms with Crippen LogP contribution in [-0.2, 0) is 6.18 Å². The largest absolute Gasteiger partial charge is 0.435 e. The molecule has 0 aromatic carbocycles. The van der Waals surface area contributed by atoms with Gasteiger partial charge in [0.05, 0.1) is 11.6 Å². The van der Waals surface area contributed by atoms with Gasteiger partial charge in [0.15, 0.2) is 5.69 Å². The second-order valence-electron chi connectivity index (χ2n) is 7.63. The fourth-order valence-electron chi connectivity index (χ4n) is 4.11. The third-order valence-corrected chi connectivity index (χ3v) is 5.73. The fourth-order valence-corrected chi connectivity index (χ4v) is 4.11. The highest BCUT2D eigenvalue weighted by molar-refractivity contribution is 5.97. The molecule has 0 radical (unpaired) electrons. The van der Waals surface area contributed by atoms with Gasteiger partial charge in [-0.3, -0.25) is 9.48 Å². The van der Waals surface area contributed by atoms with Gasteiger partial charge < -0.3 is 9.80 Å². The van der Waals surface area contributed by atoms with E-state index in [9.17, 15) is 18.0 Å². The van der Waals surface area contributed by atoms with Gasteiger partial charge in [-0.05, 0) is 66.1 Å². The van der Waals surface area contributed by atoms with Crippen LogP contribution >= 0.6 is 0 Å². The molecular formula is C18H27F3N4O. The van der Waals surface area contributed by atoms with Crippen LogP contribution in [0.25, 0.3) is 0 Å². The molecular weight excluding hydrogens is 345 g/mol. The molecule has 1 atom stereocenters. The van der Waals surface area contributed by atoms with Crippen molar-refractivity contribution < 1.29 is 18.0 Å².